The maximum absolute atomic E-state index is 13.0. The monoisotopic (exact) mass is 422 g/mol. The third kappa shape index (κ3) is 5.25. The molecule has 2 heterocycles. The molecule has 1 aliphatic heterocycles. The summed E-state index contributed by atoms with van der Waals surface area (Å²) in [6.45, 7) is 13.2. The van der Waals surface area contributed by atoms with Crippen LogP contribution in [0.2, 0.25) is 0 Å². The molecule has 1 aromatic heterocycles. The van der Waals surface area contributed by atoms with E-state index in [9.17, 15) is 4.79 Å². The number of Topliss-reactive ketones (excluding diaryl/α,β-unsaturated/α-hetero) is 1. The number of carbonyl (C=O) groups excluding carboxylic acids is 1. The lowest BCUT2D eigenvalue weighted by Gasteiger charge is -2.21. The summed E-state index contributed by atoms with van der Waals surface area (Å²) in [5.74, 6) is 1.10. The molecule has 1 fully saturated rings. The second-order valence-corrected chi connectivity index (χ2v) is 10.2. The number of oxazole rings is 1. The predicted octanol–water partition coefficient (Wildman–Crippen LogP) is 5.71. The van der Waals surface area contributed by atoms with E-state index in [0.717, 1.165) is 11.2 Å². The number of carbonyl (C=O) groups is 1. The third-order valence-corrected chi connectivity index (χ3v) is 4.84. The van der Waals surface area contributed by atoms with Gasteiger partial charge in [-0.05, 0) is 57.2 Å². The molecule has 6 heteroatoms. The zero-order chi connectivity index (χ0) is 22.4. The highest BCUT2D eigenvalue weighted by atomic mass is 16.6. The van der Waals surface area contributed by atoms with Crippen molar-refractivity contribution in [2.24, 2.45) is 5.41 Å². The van der Waals surface area contributed by atoms with Crippen LogP contribution in [0.5, 0.6) is 5.75 Å². The molecular weight excluding hydrogens is 392 g/mol. The van der Waals surface area contributed by atoms with Gasteiger partial charge in [-0.1, -0.05) is 20.8 Å². The Balaban J connectivity index is 1.71. The fourth-order valence-electron chi connectivity index (χ4n) is 3.29. The zero-order valence-corrected chi connectivity index (χ0v) is 19.0. The van der Waals surface area contributed by atoms with E-state index >= 15 is 0 Å². The van der Waals surface area contributed by atoms with E-state index in [0.29, 0.717) is 41.6 Å². The van der Waals surface area contributed by atoms with Gasteiger partial charge < -0.3 is 19.2 Å². The molecule has 31 heavy (non-hydrogen) atoms. The lowest BCUT2D eigenvalue weighted by Crippen LogP contribution is -2.25. The molecule has 1 saturated heterocycles. The third-order valence-electron chi connectivity index (χ3n) is 4.84. The van der Waals surface area contributed by atoms with Crippen LogP contribution < -0.4 is 10.1 Å². The Bertz CT molecular complexity index is 1110. The topological polar surface area (TPSA) is 76.9 Å². The van der Waals surface area contributed by atoms with Crippen molar-refractivity contribution in [3.63, 3.8) is 0 Å². The van der Waals surface area contributed by atoms with Gasteiger partial charge in [0.25, 0.3) is 0 Å². The number of hydrogen-bond acceptors (Lipinski definition) is 6. The summed E-state index contributed by atoms with van der Waals surface area (Å²) in [6, 6.07) is 11.3. The fourth-order valence-corrected chi connectivity index (χ4v) is 3.29. The summed E-state index contributed by atoms with van der Waals surface area (Å²) in [5.41, 5.74) is 3.15. The molecule has 0 amide bonds. The predicted molar refractivity (Wildman–Crippen MR) is 122 cm³/mol. The molecule has 2 aromatic carbocycles. The van der Waals surface area contributed by atoms with Gasteiger partial charge in [0.1, 0.15) is 24.0 Å². The molecule has 1 unspecified atom stereocenters. The largest absolute Gasteiger partial charge is 0.491 e. The second kappa shape index (κ2) is 7.68. The minimum atomic E-state index is -0.510. The highest BCUT2D eigenvalue weighted by molar-refractivity contribution is 6.01. The van der Waals surface area contributed by atoms with Gasteiger partial charge in [0.15, 0.2) is 11.4 Å². The van der Waals surface area contributed by atoms with Crippen molar-refractivity contribution < 1.29 is 18.7 Å². The minimum Gasteiger partial charge on any atom is -0.491 e. The highest BCUT2D eigenvalue weighted by Gasteiger charge is 2.26. The van der Waals surface area contributed by atoms with Crippen LogP contribution in [-0.4, -0.2) is 35.6 Å². The molecule has 0 aliphatic carbocycles. The highest BCUT2D eigenvalue weighted by Crippen LogP contribution is 2.32. The Morgan fingerprint density at radius 2 is 1.87 bits per heavy atom. The van der Waals surface area contributed by atoms with Crippen molar-refractivity contribution in [2.75, 3.05) is 18.5 Å². The standard InChI is InChI=1S/C25H30N2O4/c1-24(2,3)22(28)15-9-16(11-18(10-15)29-13-19-14-30-19)23-26-20-12-17(27-25(4,5)6)7-8-21(20)31-23/h7-12,19,27H,13-14H2,1-6H3. The molecule has 3 aromatic rings. The summed E-state index contributed by atoms with van der Waals surface area (Å²) < 4.78 is 17.1. The van der Waals surface area contributed by atoms with Crippen LogP contribution >= 0.6 is 0 Å². The first-order valence-corrected chi connectivity index (χ1v) is 10.6. The number of rotatable bonds is 6. The van der Waals surface area contributed by atoms with Gasteiger partial charge in [0, 0.05) is 27.8 Å². The number of anilines is 1. The van der Waals surface area contributed by atoms with E-state index in [1.807, 2.05) is 51.1 Å². The first-order valence-electron chi connectivity index (χ1n) is 10.6. The van der Waals surface area contributed by atoms with Crippen molar-refractivity contribution in [3.05, 3.63) is 42.0 Å². The number of nitrogens with zero attached hydrogens (tertiary/aromatic N) is 1. The normalized spacial score (nSPS) is 16.4. The first kappa shape index (κ1) is 21.4. The van der Waals surface area contributed by atoms with Crippen molar-refractivity contribution in [2.45, 2.75) is 53.2 Å². The Labute approximate surface area is 182 Å². The Hall–Kier alpha value is -2.86. The van der Waals surface area contributed by atoms with E-state index in [-0.39, 0.29) is 17.4 Å². The smallest absolute Gasteiger partial charge is 0.227 e. The summed E-state index contributed by atoms with van der Waals surface area (Å²) in [4.78, 5) is 17.6. The molecular formula is C25H30N2O4. The number of aromatic nitrogens is 1. The Morgan fingerprint density at radius 1 is 1.13 bits per heavy atom. The molecule has 1 N–H and O–H groups in total. The number of epoxide rings is 1. The van der Waals surface area contributed by atoms with Gasteiger partial charge in [-0.25, -0.2) is 4.98 Å². The minimum absolute atomic E-state index is 0.0367. The second-order valence-electron chi connectivity index (χ2n) is 10.2. The van der Waals surface area contributed by atoms with E-state index in [1.165, 1.54) is 0 Å². The number of benzene rings is 2. The molecule has 1 aliphatic rings. The van der Waals surface area contributed by atoms with Crippen LogP contribution in [0.1, 0.15) is 51.9 Å². The van der Waals surface area contributed by atoms with Gasteiger partial charge in [-0.3, -0.25) is 4.79 Å². The number of ketones is 1. The van der Waals surface area contributed by atoms with E-state index in [1.54, 1.807) is 6.07 Å². The Kier molecular flexibility index (Phi) is 5.30. The lowest BCUT2D eigenvalue weighted by molar-refractivity contribution is 0.0858. The molecule has 0 saturated carbocycles. The molecule has 0 spiro atoms. The van der Waals surface area contributed by atoms with Crippen LogP contribution in [0.25, 0.3) is 22.6 Å². The first-order chi connectivity index (χ1) is 14.5. The van der Waals surface area contributed by atoms with E-state index in [4.69, 9.17) is 13.9 Å². The summed E-state index contributed by atoms with van der Waals surface area (Å²) in [5, 5.41) is 3.45. The maximum atomic E-state index is 13.0. The Morgan fingerprint density at radius 3 is 2.52 bits per heavy atom. The van der Waals surface area contributed by atoms with Gasteiger partial charge in [-0.15, -0.1) is 0 Å². The van der Waals surface area contributed by atoms with Gasteiger partial charge in [-0.2, -0.15) is 0 Å². The molecule has 1 atom stereocenters. The van der Waals surface area contributed by atoms with Crippen LogP contribution in [0.3, 0.4) is 0 Å². The molecule has 0 bridgehead atoms. The van der Waals surface area contributed by atoms with Gasteiger partial charge in [0.05, 0.1) is 6.61 Å². The maximum Gasteiger partial charge on any atom is 0.227 e. The average molecular weight is 423 g/mol. The SMILES string of the molecule is CC(C)(C)Nc1ccc2oc(-c3cc(OCC4CO4)cc(C(=O)C(C)(C)C)c3)nc2c1. The molecule has 164 valence electrons. The zero-order valence-electron chi connectivity index (χ0n) is 19.0. The molecule has 6 nitrogen and oxygen atoms in total. The lowest BCUT2D eigenvalue weighted by atomic mass is 9.86. The van der Waals surface area contributed by atoms with Crippen molar-refractivity contribution in [1.29, 1.82) is 0 Å². The quantitative estimate of drug-likeness (QED) is 0.405. The fraction of sp³-hybridized carbons (Fsp3) is 0.440. The average Bonchev–Trinajstić information content (AvgIpc) is 3.40. The summed E-state index contributed by atoms with van der Waals surface area (Å²) >= 11 is 0. The number of fused-ring (bicyclic) bond motifs is 1. The molecule has 0 radical (unpaired) electrons. The number of nitrogens with one attached hydrogen (secondary N) is 1. The number of ether oxygens (including phenoxy) is 2. The van der Waals surface area contributed by atoms with Crippen molar-refractivity contribution >= 4 is 22.6 Å². The summed E-state index contributed by atoms with van der Waals surface area (Å²) in [7, 11) is 0. The van der Waals surface area contributed by atoms with Gasteiger partial charge in [0.2, 0.25) is 5.89 Å². The van der Waals surface area contributed by atoms with Crippen molar-refractivity contribution in [3.8, 4) is 17.2 Å². The van der Waals surface area contributed by atoms with Crippen LogP contribution in [-0.2, 0) is 4.74 Å². The summed E-state index contributed by atoms with van der Waals surface area (Å²) in [6.07, 6.45) is 0.128. The van der Waals surface area contributed by atoms with Crippen LogP contribution in [0.15, 0.2) is 40.8 Å². The van der Waals surface area contributed by atoms with Gasteiger partial charge >= 0.3 is 0 Å². The van der Waals surface area contributed by atoms with E-state index < -0.39 is 5.41 Å². The number of hydrogen-bond donors (Lipinski definition) is 1. The van der Waals surface area contributed by atoms with E-state index in [2.05, 4.69) is 31.1 Å². The van der Waals surface area contributed by atoms with Crippen LogP contribution in [0.4, 0.5) is 5.69 Å². The van der Waals surface area contributed by atoms with Crippen LogP contribution in [0, 0.1) is 5.41 Å². The van der Waals surface area contributed by atoms with Crippen molar-refractivity contribution in [1.82, 2.24) is 4.98 Å². The molecule has 4 rings (SSSR count).